The van der Waals surface area contributed by atoms with E-state index >= 15 is 0 Å². The Bertz CT molecular complexity index is 756. The number of H-pyrrole nitrogens is 1. The molecular formula is C13H17N3O3S. The van der Waals surface area contributed by atoms with E-state index < -0.39 is 23.2 Å². The summed E-state index contributed by atoms with van der Waals surface area (Å²) in [5.74, 6) is -0.710. The lowest BCUT2D eigenvalue weighted by molar-refractivity contribution is -0.120. The second-order valence-electron chi connectivity index (χ2n) is 4.74. The van der Waals surface area contributed by atoms with Gasteiger partial charge in [-0.3, -0.25) is 14.6 Å². The van der Waals surface area contributed by atoms with Crippen LogP contribution in [0.5, 0.6) is 0 Å². The van der Waals surface area contributed by atoms with Gasteiger partial charge in [0, 0.05) is 4.88 Å². The van der Waals surface area contributed by atoms with Gasteiger partial charge in [0.05, 0.1) is 5.39 Å². The normalized spacial score (nSPS) is 12.7. The van der Waals surface area contributed by atoms with Crippen LogP contribution in [0.15, 0.2) is 15.7 Å². The van der Waals surface area contributed by atoms with E-state index in [0.717, 1.165) is 28.7 Å². The second-order valence-corrected chi connectivity index (χ2v) is 5.88. The lowest BCUT2D eigenvalue weighted by atomic mass is 10.2. The van der Waals surface area contributed by atoms with Gasteiger partial charge in [0.15, 0.2) is 0 Å². The Kier molecular flexibility index (Phi) is 4.08. The number of unbranched alkanes of at least 4 members (excludes halogenated alkanes) is 1. The summed E-state index contributed by atoms with van der Waals surface area (Å²) in [7, 11) is 0. The molecule has 6 nitrogen and oxygen atoms in total. The second kappa shape index (κ2) is 5.62. The first-order chi connectivity index (χ1) is 9.45. The van der Waals surface area contributed by atoms with Crippen molar-refractivity contribution >= 4 is 27.5 Å². The Balaban J connectivity index is 2.60. The lowest BCUT2D eigenvalue weighted by Gasteiger charge is -2.09. The number of hydrogen-bond acceptors (Lipinski definition) is 4. The third-order valence-corrected chi connectivity index (χ3v) is 4.36. The van der Waals surface area contributed by atoms with Gasteiger partial charge in [-0.1, -0.05) is 13.3 Å². The van der Waals surface area contributed by atoms with Crippen LogP contribution in [0.2, 0.25) is 0 Å². The molecule has 1 atom stereocenters. The molecule has 2 aromatic rings. The molecule has 0 aromatic carbocycles. The number of hydrogen-bond donors (Lipinski definition) is 2. The Hall–Kier alpha value is -1.89. The standard InChI is InChI=1S/C13H17N3O3S/c1-3-4-5-8-6-9-11(20-8)15-13(19)16(12(9)18)7(2)10(14)17/h6-7H,3-5H2,1-2H3,(H2,14,17)(H,15,19). The van der Waals surface area contributed by atoms with Crippen LogP contribution in [0.4, 0.5) is 0 Å². The van der Waals surface area contributed by atoms with Gasteiger partial charge in [-0.05, 0) is 25.8 Å². The Morgan fingerprint density at radius 1 is 1.50 bits per heavy atom. The number of aromatic amines is 1. The predicted molar refractivity (Wildman–Crippen MR) is 79.2 cm³/mol. The highest BCUT2D eigenvalue weighted by Crippen LogP contribution is 2.22. The number of nitrogens with zero attached hydrogens (tertiary/aromatic N) is 1. The van der Waals surface area contributed by atoms with E-state index in [1.165, 1.54) is 18.3 Å². The summed E-state index contributed by atoms with van der Waals surface area (Å²) in [6.45, 7) is 3.53. The number of primary amides is 1. The van der Waals surface area contributed by atoms with Gasteiger partial charge in [-0.15, -0.1) is 11.3 Å². The first kappa shape index (κ1) is 14.5. The van der Waals surface area contributed by atoms with Gasteiger partial charge >= 0.3 is 5.69 Å². The summed E-state index contributed by atoms with van der Waals surface area (Å²) < 4.78 is 0.876. The number of aryl methyl sites for hydroxylation is 1. The molecule has 0 bridgehead atoms. The van der Waals surface area contributed by atoms with Crippen LogP contribution in [0, 0.1) is 0 Å². The quantitative estimate of drug-likeness (QED) is 0.865. The number of carbonyl (C=O) groups excluding carboxylic acids is 1. The fourth-order valence-electron chi connectivity index (χ4n) is 2.03. The van der Waals surface area contributed by atoms with Crippen LogP contribution in [-0.4, -0.2) is 15.5 Å². The molecule has 0 saturated heterocycles. The maximum Gasteiger partial charge on any atom is 0.330 e. The summed E-state index contributed by atoms with van der Waals surface area (Å²) in [6.07, 6.45) is 2.97. The van der Waals surface area contributed by atoms with E-state index in [9.17, 15) is 14.4 Å². The molecule has 0 fully saturated rings. The number of amides is 1. The smallest absolute Gasteiger partial charge is 0.330 e. The largest absolute Gasteiger partial charge is 0.368 e. The predicted octanol–water partition coefficient (Wildman–Crippen LogP) is 1.14. The van der Waals surface area contributed by atoms with Crippen LogP contribution in [0.1, 0.15) is 37.6 Å². The zero-order valence-electron chi connectivity index (χ0n) is 11.4. The highest BCUT2D eigenvalue weighted by atomic mass is 32.1. The highest BCUT2D eigenvalue weighted by molar-refractivity contribution is 7.18. The summed E-state index contributed by atoms with van der Waals surface area (Å²) in [5, 5.41) is 0.439. The fourth-order valence-corrected chi connectivity index (χ4v) is 3.11. The number of aromatic nitrogens is 2. The Morgan fingerprint density at radius 3 is 2.80 bits per heavy atom. The molecule has 7 heteroatoms. The molecule has 0 radical (unpaired) electrons. The third kappa shape index (κ3) is 2.53. The van der Waals surface area contributed by atoms with Crippen LogP contribution in [-0.2, 0) is 11.2 Å². The van der Waals surface area contributed by atoms with E-state index in [2.05, 4.69) is 11.9 Å². The summed E-state index contributed by atoms with van der Waals surface area (Å²) >= 11 is 1.41. The molecule has 2 aromatic heterocycles. The van der Waals surface area contributed by atoms with Crippen LogP contribution in [0.3, 0.4) is 0 Å². The molecule has 0 saturated carbocycles. The monoisotopic (exact) mass is 295 g/mol. The fraction of sp³-hybridized carbons (Fsp3) is 0.462. The average molecular weight is 295 g/mol. The minimum absolute atomic E-state index is 0.439. The van der Waals surface area contributed by atoms with E-state index in [1.807, 2.05) is 0 Å². The molecule has 20 heavy (non-hydrogen) atoms. The number of thiophene rings is 1. The van der Waals surface area contributed by atoms with Crippen molar-refractivity contribution in [2.45, 2.75) is 39.2 Å². The number of fused-ring (bicyclic) bond motifs is 1. The number of carbonyl (C=O) groups is 1. The maximum atomic E-state index is 12.3. The van der Waals surface area contributed by atoms with Crippen LogP contribution < -0.4 is 17.0 Å². The highest BCUT2D eigenvalue weighted by Gasteiger charge is 2.18. The van der Waals surface area contributed by atoms with Gasteiger partial charge in [-0.25, -0.2) is 9.36 Å². The SMILES string of the molecule is CCCCc1cc2c(=O)n(C(C)C(N)=O)c(=O)[nH]c2s1. The van der Waals surface area contributed by atoms with E-state index in [4.69, 9.17) is 5.73 Å². The zero-order chi connectivity index (χ0) is 14.9. The van der Waals surface area contributed by atoms with Crippen molar-refractivity contribution in [2.75, 3.05) is 0 Å². The lowest BCUT2D eigenvalue weighted by Crippen LogP contribution is -2.41. The van der Waals surface area contributed by atoms with Crippen LogP contribution in [0.25, 0.3) is 10.2 Å². The molecule has 108 valence electrons. The van der Waals surface area contributed by atoms with Crippen molar-refractivity contribution in [2.24, 2.45) is 5.73 Å². The zero-order valence-corrected chi connectivity index (χ0v) is 12.3. The van der Waals surface area contributed by atoms with E-state index in [0.29, 0.717) is 10.2 Å². The Labute approximate surface area is 119 Å². The van der Waals surface area contributed by atoms with Crippen molar-refractivity contribution in [3.8, 4) is 0 Å². The molecular weight excluding hydrogens is 278 g/mol. The van der Waals surface area contributed by atoms with E-state index in [-0.39, 0.29) is 0 Å². The van der Waals surface area contributed by atoms with E-state index in [1.54, 1.807) is 6.07 Å². The van der Waals surface area contributed by atoms with Crippen LogP contribution >= 0.6 is 11.3 Å². The van der Waals surface area contributed by atoms with Crippen molar-refractivity contribution in [3.05, 3.63) is 31.8 Å². The minimum Gasteiger partial charge on any atom is -0.368 e. The molecule has 0 spiro atoms. The van der Waals surface area contributed by atoms with Crippen molar-refractivity contribution in [1.82, 2.24) is 9.55 Å². The molecule has 1 unspecified atom stereocenters. The number of nitrogens with one attached hydrogen (secondary N) is 1. The van der Waals surface area contributed by atoms with Gasteiger partial charge in [0.2, 0.25) is 5.91 Å². The molecule has 3 N–H and O–H groups in total. The van der Waals surface area contributed by atoms with Crippen molar-refractivity contribution < 1.29 is 4.79 Å². The van der Waals surface area contributed by atoms with Crippen molar-refractivity contribution in [1.29, 1.82) is 0 Å². The van der Waals surface area contributed by atoms with Gasteiger partial charge in [0.25, 0.3) is 5.56 Å². The van der Waals surface area contributed by atoms with Crippen molar-refractivity contribution in [3.63, 3.8) is 0 Å². The Morgan fingerprint density at radius 2 is 2.20 bits per heavy atom. The number of nitrogens with two attached hydrogens (primary N) is 1. The average Bonchev–Trinajstić information content (AvgIpc) is 2.79. The molecule has 0 aliphatic carbocycles. The molecule has 2 heterocycles. The molecule has 0 aliphatic heterocycles. The summed E-state index contributed by atoms with van der Waals surface area (Å²) in [5.41, 5.74) is 4.11. The van der Waals surface area contributed by atoms with Gasteiger partial charge in [-0.2, -0.15) is 0 Å². The topological polar surface area (TPSA) is 97.9 Å². The first-order valence-corrected chi connectivity index (χ1v) is 7.34. The molecule has 0 aliphatic rings. The number of rotatable bonds is 5. The maximum absolute atomic E-state index is 12.3. The summed E-state index contributed by atoms with van der Waals surface area (Å²) in [4.78, 5) is 39.7. The summed E-state index contributed by atoms with van der Waals surface area (Å²) in [6, 6.07) is 0.827. The van der Waals surface area contributed by atoms with Gasteiger partial charge in [0.1, 0.15) is 10.9 Å². The first-order valence-electron chi connectivity index (χ1n) is 6.52. The van der Waals surface area contributed by atoms with Gasteiger partial charge < -0.3 is 5.73 Å². The molecule has 1 amide bonds. The third-order valence-electron chi connectivity index (χ3n) is 3.25. The molecule has 2 rings (SSSR count). The minimum atomic E-state index is -0.963.